The van der Waals surface area contributed by atoms with Crippen molar-refractivity contribution in [2.24, 2.45) is 0 Å². The largest absolute Gasteiger partial charge is 0.612 e. The quantitative estimate of drug-likeness (QED) is 0.579. The predicted molar refractivity (Wildman–Crippen MR) is 67.5 cm³/mol. The van der Waals surface area contributed by atoms with Crippen LogP contribution in [0, 0.1) is 10.4 Å². The van der Waals surface area contributed by atoms with E-state index in [-0.39, 0.29) is 10.9 Å². The van der Waals surface area contributed by atoms with Crippen molar-refractivity contribution in [3.63, 3.8) is 0 Å². The van der Waals surface area contributed by atoms with Gasteiger partial charge in [0.25, 0.3) is 5.82 Å². The van der Waals surface area contributed by atoms with E-state index in [1.54, 1.807) is 0 Å². The minimum absolute atomic E-state index is 0.0516. The zero-order valence-corrected chi connectivity index (χ0v) is 10.8. The van der Waals surface area contributed by atoms with Gasteiger partial charge in [0.15, 0.2) is 0 Å². The molecule has 2 aliphatic rings. The SMILES string of the molecule is [O-][N+]([O-])=C1C=CC(=C2Nn3c(nnc3C(F)(F)F)S2)C=C1. The number of thioether (sulfide) groups is 1. The van der Waals surface area contributed by atoms with Gasteiger partial charge in [0, 0.05) is 17.7 Å². The molecule has 21 heavy (non-hydrogen) atoms. The molecule has 110 valence electrons. The molecule has 0 radical (unpaired) electrons. The summed E-state index contributed by atoms with van der Waals surface area (Å²) in [5.41, 5.74) is 2.95. The first-order valence-electron chi connectivity index (χ1n) is 5.45. The molecule has 3 rings (SSSR count). The van der Waals surface area contributed by atoms with Gasteiger partial charge in [0.1, 0.15) is 5.03 Å². The van der Waals surface area contributed by atoms with E-state index in [0.717, 1.165) is 16.4 Å². The number of allylic oxidation sites excluding steroid dienone is 5. The monoisotopic (exact) mass is 316 g/mol. The lowest BCUT2D eigenvalue weighted by atomic mass is 10.1. The molecule has 1 aliphatic heterocycles. The minimum Gasteiger partial charge on any atom is -0.612 e. The molecular weight excluding hydrogens is 311 g/mol. The highest BCUT2D eigenvalue weighted by molar-refractivity contribution is 8.03. The summed E-state index contributed by atoms with van der Waals surface area (Å²) in [5, 5.41) is 28.1. The number of hydrogen-bond donors (Lipinski definition) is 1. The summed E-state index contributed by atoms with van der Waals surface area (Å²) in [4.78, 5) is -0.555. The van der Waals surface area contributed by atoms with E-state index in [2.05, 4.69) is 15.6 Å². The highest BCUT2D eigenvalue weighted by Crippen LogP contribution is 2.38. The molecule has 0 unspecified atom stereocenters. The van der Waals surface area contributed by atoms with Gasteiger partial charge in [-0.25, -0.2) is 4.68 Å². The van der Waals surface area contributed by atoms with Crippen molar-refractivity contribution >= 4 is 17.5 Å². The third kappa shape index (κ3) is 2.35. The van der Waals surface area contributed by atoms with Crippen LogP contribution in [0.1, 0.15) is 5.82 Å². The molecule has 0 amide bonds. The number of fused-ring (bicyclic) bond motifs is 1. The first-order chi connectivity index (χ1) is 9.86. The molecule has 0 saturated heterocycles. The lowest BCUT2D eigenvalue weighted by Gasteiger charge is -2.10. The van der Waals surface area contributed by atoms with Crippen molar-refractivity contribution in [1.29, 1.82) is 0 Å². The van der Waals surface area contributed by atoms with Crippen molar-refractivity contribution in [1.82, 2.24) is 14.9 Å². The second-order valence-electron chi connectivity index (χ2n) is 3.99. The highest BCUT2D eigenvalue weighted by atomic mass is 32.2. The molecule has 1 aromatic heterocycles. The fraction of sp³-hybridized carbons (Fsp3) is 0.100. The van der Waals surface area contributed by atoms with E-state index in [1.165, 1.54) is 24.3 Å². The molecule has 0 aromatic carbocycles. The van der Waals surface area contributed by atoms with Gasteiger partial charge in [-0.15, -0.1) is 10.2 Å². The molecule has 0 spiro atoms. The lowest BCUT2D eigenvalue weighted by molar-refractivity contribution is -0.377. The maximum atomic E-state index is 12.7. The van der Waals surface area contributed by atoms with Crippen molar-refractivity contribution in [3.8, 4) is 0 Å². The number of rotatable bonds is 0. The number of hydrogen-bond acceptors (Lipinski definition) is 6. The Morgan fingerprint density at radius 3 is 2.38 bits per heavy atom. The van der Waals surface area contributed by atoms with Gasteiger partial charge in [-0.1, -0.05) is 0 Å². The third-order valence-corrected chi connectivity index (χ3v) is 3.61. The van der Waals surface area contributed by atoms with Crippen LogP contribution >= 0.6 is 11.8 Å². The Labute approximate surface area is 119 Å². The van der Waals surface area contributed by atoms with Crippen LogP contribution < -0.4 is 5.43 Å². The van der Waals surface area contributed by atoms with Crippen LogP contribution in [-0.2, 0) is 6.18 Å². The third-order valence-electron chi connectivity index (χ3n) is 2.63. The molecule has 7 nitrogen and oxygen atoms in total. The Hall–Kier alpha value is -2.43. The summed E-state index contributed by atoms with van der Waals surface area (Å²) in [6.45, 7) is 0. The van der Waals surface area contributed by atoms with Crippen LogP contribution in [0.15, 0.2) is 40.1 Å². The Morgan fingerprint density at radius 1 is 1.14 bits per heavy atom. The van der Waals surface area contributed by atoms with Gasteiger partial charge in [0.2, 0.25) is 10.9 Å². The van der Waals surface area contributed by atoms with Crippen LogP contribution in [-0.4, -0.2) is 25.5 Å². The van der Waals surface area contributed by atoms with Crippen LogP contribution in [0.2, 0.25) is 0 Å². The van der Waals surface area contributed by atoms with Gasteiger partial charge >= 0.3 is 6.18 Å². The average molecular weight is 316 g/mol. The molecule has 0 fully saturated rings. The first-order valence-corrected chi connectivity index (χ1v) is 6.27. The molecule has 1 aliphatic carbocycles. The highest BCUT2D eigenvalue weighted by Gasteiger charge is 2.41. The molecular formula is C10H5F3N5O2S-. The van der Waals surface area contributed by atoms with E-state index >= 15 is 0 Å². The van der Waals surface area contributed by atoms with E-state index < -0.39 is 16.9 Å². The van der Waals surface area contributed by atoms with E-state index in [4.69, 9.17) is 0 Å². The van der Waals surface area contributed by atoms with Crippen LogP contribution in [0.5, 0.6) is 0 Å². The van der Waals surface area contributed by atoms with Crippen molar-refractivity contribution in [2.45, 2.75) is 11.3 Å². The molecule has 0 atom stereocenters. The molecule has 2 heterocycles. The van der Waals surface area contributed by atoms with Crippen LogP contribution in [0.3, 0.4) is 0 Å². The minimum atomic E-state index is -4.62. The summed E-state index contributed by atoms with van der Waals surface area (Å²) >= 11 is 0.966. The molecule has 0 saturated carbocycles. The number of nitrogens with zero attached hydrogens (tertiary/aromatic N) is 4. The summed E-state index contributed by atoms with van der Waals surface area (Å²) in [6, 6.07) is 0. The number of halogens is 3. The second kappa shape index (κ2) is 4.55. The maximum Gasteiger partial charge on any atom is 0.453 e. The maximum absolute atomic E-state index is 12.7. The van der Waals surface area contributed by atoms with E-state index in [0.29, 0.717) is 10.6 Å². The second-order valence-corrected chi connectivity index (χ2v) is 4.96. The predicted octanol–water partition coefficient (Wildman–Crippen LogP) is 1.73. The van der Waals surface area contributed by atoms with Crippen LogP contribution in [0.4, 0.5) is 13.2 Å². The summed E-state index contributed by atoms with van der Waals surface area (Å²) < 4.78 is 38.8. The molecule has 0 bridgehead atoms. The van der Waals surface area contributed by atoms with E-state index in [9.17, 15) is 23.6 Å². The Bertz CT molecular complexity index is 710. The molecule has 1 N–H and O–H groups in total. The normalized spacial score (nSPS) is 17.2. The Kier molecular flexibility index (Phi) is 2.93. The first kappa shape index (κ1) is 13.5. The van der Waals surface area contributed by atoms with Crippen LogP contribution in [0.25, 0.3) is 0 Å². The fourth-order valence-electron chi connectivity index (χ4n) is 1.69. The van der Waals surface area contributed by atoms with Crippen molar-refractivity contribution in [3.05, 3.63) is 51.1 Å². The average Bonchev–Trinajstić information content (AvgIpc) is 2.96. The van der Waals surface area contributed by atoms with Gasteiger partial charge in [-0.05, 0) is 23.9 Å². The molecule has 1 aromatic rings. The number of alkyl halides is 3. The van der Waals surface area contributed by atoms with Gasteiger partial charge < -0.3 is 10.4 Å². The standard InChI is InChI=1S/C10H5F3N5O2S/c11-10(12,13)8-14-15-9-17(8)16-7(21-9)5-1-3-6(4-2-5)18(19)20/h1-4,16H/q-1. The summed E-state index contributed by atoms with van der Waals surface area (Å²) in [7, 11) is 0. The molecule has 11 heteroatoms. The van der Waals surface area contributed by atoms with Gasteiger partial charge in [-0.3, -0.25) is 5.43 Å². The van der Waals surface area contributed by atoms with Gasteiger partial charge in [-0.2, -0.15) is 18.1 Å². The Balaban J connectivity index is 1.91. The topological polar surface area (TPSA) is 91.9 Å². The zero-order chi connectivity index (χ0) is 15.2. The van der Waals surface area contributed by atoms with Gasteiger partial charge in [0.05, 0.1) is 0 Å². The van der Waals surface area contributed by atoms with E-state index in [1.807, 2.05) is 0 Å². The zero-order valence-electron chi connectivity index (χ0n) is 9.96. The summed E-state index contributed by atoms with van der Waals surface area (Å²) in [5.74, 6) is -1.15. The number of aromatic nitrogens is 3. The fourth-order valence-corrected chi connectivity index (χ4v) is 2.57. The lowest BCUT2D eigenvalue weighted by Crippen LogP contribution is -2.19. The number of nitrogens with one attached hydrogen (secondary N) is 1. The van der Waals surface area contributed by atoms with Crippen molar-refractivity contribution in [2.75, 3.05) is 5.43 Å². The Morgan fingerprint density at radius 2 is 1.81 bits per heavy atom. The summed E-state index contributed by atoms with van der Waals surface area (Å²) in [6.07, 6.45) is 0.814. The smallest absolute Gasteiger partial charge is 0.453 e. The van der Waals surface area contributed by atoms with Crippen molar-refractivity contribution < 1.29 is 18.1 Å².